The Morgan fingerprint density at radius 1 is 1.50 bits per heavy atom. The molecule has 1 N–H and O–H groups in total. The van der Waals surface area contributed by atoms with Gasteiger partial charge in [-0.05, 0) is 12.3 Å². The van der Waals surface area contributed by atoms with E-state index in [4.69, 9.17) is 4.74 Å². The van der Waals surface area contributed by atoms with Gasteiger partial charge in [-0.15, -0.1) is 10.2 Å². The first-order chi connectivity index (χ1) is 10.3. The van der Waals surface area contributed by atoms with E-state index < -0.39 is 17.2 Å². The predicted molar refractivity (Wildman–Crippen MR) is 74.7 cm³/mol. The van der Waals surface area contributed by atoms with Gasteiger partial charge in [-0.2, -0.15) is 13.2 Å². The highest BCUT2D eigenvalue weighted by Crippen LogP contribution is 2.33. The van der Waals surface area contributed by atoms with Gasteiger partial charge in [0.2, 0.25) is 10.1 Å². The molecule has 1 saturated heterocycles. The summed E-state index contributed by atoms with van der Waals surface area (Å²) in [6, 6.07) is -0.486. The van der Waals surface area contributed by atoms with Crippen molar-refractivity contribution in [3.05, 3.63) is 5.01 Å². The van der Waals surface area contributed by atoms with Crippen molar-refractivity contribution in [2.24, 2.45) is 5.92 Å². The fourth-order valence-electron chi connectivity index (χ4n) is 1.94. The van der Waals surface area contributed by atoms with Crippen molar-refractivity contribution in [1.82, 2.24) is 15.1 Å². The summed E-state index contributed by atoms with van der Waals surface area (Å²) in [6.45, 7) is 5.61. The number of nitrogens with one attached hydrogen (secondary N) is 1. The van der Waals surface area contributed by atoms with Crippen LogP contribution in [0, 0.1) is 5.92 Å². The summed E-state index contributed by atoms with van der Waals surface area (Å²) in [6.07, 6.45) is -3.87. The number of anilines is 1. The summed E-state index contributed by atoms with van der Waals surface area (Å²) in [5.41, 5.74) is 0. The van der Waals surface area contributed by atoms with Gasteiger partial charge in [0.1, 0.15) is 0 Å². The minimum atomic E-state index is -4.55. The van der Waals surface area contributed by atoms with Crippen LogP contribution in [0.2, 0.25) is 0 Å². The molecule has 0 bridgehead atoms. The van der Waals surface area contributed by atoms with E-state index in [2.05, 4.69) is 15.5 Å². The molecule has 1 aromatic rings. The molecule has 1 atom stereocenters. The second-order valence-electron chi connectivity index (χ2n) is 5.42. The molecule has 1 aliphatic heterocycles. The van der Waals surface area contributed by atoms with Crippen LogP contribution in [0.25, 0.3) is 0 Å². The molecule has 1 fully saturated rings. The number of nitrogens with zero attached hydrogens (tertiary/aromatic N) is 3. The standard InChI is InChI=1S/C12H17F3N4O2S/c1-7(2)6-21-8-3-4-19(5-8)11(20)16-10-18-17-9(22-10)12(13,14)15/h7-8H,3-6H2,1-2H3,(H,16,18,20). The summed E-state index contributed by atoms with van der Waals surface area (Å²) in [4.78, 5) is 13.5. The number of hydrogen-bond donors (Lipinski definition) is 1. The van der Waals surface area contributed by atoms with E-state index in [1.165, 1.54) is 4.90 Å². The average Bonchev–Trinajstić information content (AvgIpc) is 3.04. The number of rotatable bonds is 4. The highest BCUT2D eigenvalue weighted by Gasteiger charge is 2.36. The van der Waals surface area contributed by atoms with Crippen LogP contribution in [-0.2, 0) is 10.9 Å². The smallest absolute Gasteiger partial charge is 0.376 e. The van der Waals surface area contributed by atoms with Crippen LogP contribution in [-0.4, -0.2) is 46.9 Å². The van der Waals surface area contributed by atoms with E-state index in [1.807, 2.05) is 13.8 Å². The molecule has 124 valence electrons. The van der Waals surface area contributed by atoms with Crippen LogP contribution in [0.3, 0.4) is 0 Å². The number of hydrogen-bond acceptors (Lipinski definition) is 5. The molecule has 0 saturated carbocycles. The third-order valence-electron chi connectivity index (χ3n) is 2.98. The monoisotopic (exact) mass is 338 g/mol. The fourth-order valence-corrected chi connectivity index (χ4v) is 2.54. The Labute approximate surface area is 129 Å². The highest BCUT2D eigenvalue weighted by molar-refractivity contribution is 7.15. The number of urea groups is 1. The number of alkyl halides is 3. The summed E-state index contributed by atoms with van der Waals surface area (Å²) < 4.78 is 42.9. The Hall–Kier alpha value is -1.42. The third kappa shape index (κ3) is 4.54. The van der Waals surface area contributed by atoms with Crippen LogP contribution in [0.4, 0.5) is 23.1 Å². The lowest BCUT2D eigenvalue weighted by atomic mass is 10.2. The van der Waals surface area contributed by atoms with E-state index >= 15 is 0 Å². The first-order valence-corrected chi connectivity index (χ1v) is 7.65. The molecular formula is C12H17F3N4O2S. The number of ether oxygens (including phenoxy) is 1. The van der Waals surface area contributed by atoms with Gasteiger partial charge in [0.15, 0.2) is 0 Å². The summed E-state index contributed by atoms with van der Waals surface area (Å²) >= 11 is 0.305. The van der Waals surface area contributed by atoms with Crippen LogP contribution in [0.5, 0.6) is 0 Å². The molecule has 1 unspecified atom stereocenters. The number of aromatic nitrogens is 2. The zero-order chi connectivity index (χ0) is 16.3. The number of carbonyl (C=O) groups excluding carboxylic acids is 1. The maximum absolute atomic E-state index is 12.4. The molecule has 10 heteroatoms. The van der Waals surface area contributed by atoms with Crippen molar-refractivity contribution in [2.45, 2.75) is 32.5 Å². The minimum absolute atomic E-state index is 0.0340. The molecule has 2 amide bonds. The molecule has 1 aromatic heterocycles. The Morgan fingerprint density at radius 2 is 2.23 bits per heavy atom. The molecule has 0 spiro atoms. The number of likely N-dealkylation sites (tertiary alicyclic amines) is 1. The van der Waals surface area contributed by atoms with Crippen LogP contribution in [0.15, 0.2) is 0 Å². The quantitative estimate of drug-likeness (QED) is 0.917. The van der Waals surface area contributed by atoms with Gasteiger partial charge in [0.05, 0.1) is 6.10 Å². The van der Waals surface area contributed by atoms with Crippen molar-refractivity contribution in [3.8, 4) is 0 Å². The van der Waals surface area contributed by atoms with E-state index in [0.717, 1.165) is 0 Å². The van der Waals surface area contributed by atoms with Crippen molar-refractivity contribution in [3.63, 3.8) is 0 Å². The largest absolute Gasteiger partial charge is 0.445 e. The molecular weight excluding hydrogens is 321 g/mol. The zero-order valence-electron chi connectivity index (χ0n) is 12.2. The van der Waals surface area contributed by atoms with E-state index in [-0.39, 0.29) is 11.2 Å². The minimum Gasteiger partial charge on any atom is -0.376 e. The average molecular weight is 338 g/mol. The lowest BCUT2D eigenvalue weighted by molar-refractivity contribution is -0.138. The topological polar surface area (TPSA) is 67.3 Å². The summed E-state index contributed by atoms with van der Waals surface area (Å²) in [7, 11) is 0. The van der Waals surface area contributed by atoms with E-state index in [1.54, 1.807) is 0 Å². The van der Waals surface area contributed by atoms with Crippen molar-refractivity contribution >= 4 is 22.5 Å². The maximum Gasteiger partial charge on any atom is 0.445 e. The SMILES string of the molecule is CC(C)COC1CCN(C(=O)Nc2nnc(C(F)(F)F)s2)C1. The summed E-state index contributed by atoms with van der Waals surface area (Å²) in [5.74, 6) is 0.407. The lowest BCUT2D eigenvalue weighted by Gasteiger charge is -2.17. The van der Waals surface area contributed by atoms with Gasteiger partial charge in [0.25, 0.3) is 0 Å². The second kappa shape index (κ2) is 6.78. The number of carbonyl (C=O) groups is 1. The molecule has 2 rings (SSSR count). The zero-order valence-corrected chi connectivity index (χ0v) is 13.0. The summed E-state index contributed by atoms with van der Waals surface area (Å²) in [5, 5.41) is 7.44. The molecule has 22 heavy (non-hydrogen) atoms. The van der Waals surface area contributed by atoms with Crippen LogP contribution in [0.1, 0.15) is 25.3 Å². The van der Waals surface area contributed by atoms with E-state index in [9.17, 15) is 18.0 Å². The predicted octanol–water partition coefficient (Wildman–Crippen LogP) is 2.84. The van der Waals surface area contributed by atoms with Crippen molar-refractivity contribution in [2.75, 3.05) is 25.0 Å². The van der Waals surface area contributed by atoms with Gasteiger partial charge in [-0.25, -0.2) is 4.79 Å². The van der Waals surface area contributed by atoms with Gasteiger partial charge in [-0.1, -0.05) is 25.2 Å². The Kier molecular flexibility index (Phi) is 5.22. The van der Waals surface area contributed by atoms with Gasteiger partial charge >= 0.3 is 12.2 Å². The molecule has 0 aromatic carbocycles. The molecule has 1 aliphatic rings. The fraction of sp³-hybridized carbons (Fsp3) is 0.750. The molecule has 0 aliphatic carbocycles. The highest BCUT2D eigenvalue weighted by atomic mass is 32.1. The molecule has 2 heterocycles. The van der Waals surface area contributed by atoms with Gasteiger partial charge < -0.3 is 9.64 Å². The third-order valence-corrected chi connectivity index (χ3v) is 3.86. The van der Waals surface area contributed by atoms with Crippen molar-refractivity contribution in [1.29, 1.82) is 0 Å². The Balaban J connectivity index is 1.84. The Bertz CT molecular complexity index is 521. The lowest BCUT2D eigenvalue weighted by Crippen LogP contribution is -2.34. The number of amides is 2. The van der Waals surface area contributed by atoms with Crippen LogP contribution >= 0.6 is 11.3 Å². The Morgan fingerprint density at radius 3 is 2.82 bits per heavy atom. The van der Waals surface area contributed by atoms with Crippen LogP contribution < -0.4 is 5.32 Å². The second-order valence-corrected chi connectivity index (χ2v) is 6.40. The first-order valence-electron chi connectivity index (χ1n) is 6.84. The number of halogens is 3. The van der Waals surface area contributed by atoms with E-state index in [0.29, 0.717) is 43.4 Å². The van der Waals surface area contributed by atoms with Crippen molar-refractivity contribution < 1.29 is 22.7 Å². The van der Waals surface area contributed by atoms with Gasteiger partial charge in [0, 0.05) is 19.7 Å². The normalized spacial score (nSPS) is 19.0. The molecule has 0 radical (unpaired) electrons. The van der Waals surface area contributed by atoms with Gasteiger partial charge in [-0.3, -0.25) is 5.32 Å². The molecule has 6 nitrogen and oxygen atoms in total. The first kappa shape index (κ1) is 16.9. The maximum atomic E-state index is 12.4.